The van der Waals surface area contributed by atoms with Gasteiger partial charge in [0.15, 0.2) is 0 Å². The molecule has 2 aromatic carbocycles. The highest BCUT2D eigenvalue weighted by Crippen LogP contribution is 2.28. The van der Waals surface area contributed by atoms with Gasteiger partial charge in [-0.05, 0) is 24.7 Å². The summed E-state index contributed by atoms with van der Waals surface area (Å²) in [5.41, 5.74) is 2.57. The normalized spacial score (nSPS) is 15.1. The van der Waals surface area contributed by atoms with Gasteiger partial charge in [-0.3, -0.25) is 9.59 Å². The van der Waals surface area contributed by atoms with Crippen LogP contribution in [-0.2, 0) is 11.2 Å². The van der Waals surface area contributed by atoms with E-state index in [-0.39, 0.29) is 18.1 Å². The molecular formula is C22H22ClN3O2. The number of carbonyl (C=O) groups is 2. The Morgan fingerprint density at radius 2 is 1.75 bits per heavy atom. The van der Waals surface area contributed by atoms with E-state index in [0.29, 0.717) is 29.4 Å². The van der Waals surface area contributed by atoms with E-state index in [2.05, 4.69) is 16.9 Å². The van der Waals surface area contributed by atoms with Gasteiger partial charge in [0.05, 0.1) is 12.1 Å². The maximum absolute atomic E-state index is 13.1. The molecule has 1 aromatic heterocycles. The minimum absolute atomic E-state index is 0.0473. The quantitative estimate of drug-likeness (QED) is 0.689. The molecule has 2 heterocycles. The number of fused-ring (bicyclic) bond motifs is 1. The zero-order chi connectivity index (χ0) is 19.7. The zero-order valence-electron chi connectivity index (χ0n) is 15.7. The maximum Gasteiger partial charge on any atom is 0.227 e. The number of benzene rings is 2. The SMILES string of the molecule is CN1CCN(C(=O)Cc2c(C(=O)c3ccccc3)[nH]c3cc(Cl)ccc23)CC1. The Kier molecular flexibility index (Phi) is 5.20. The third-order valence-corrected chi connectivity index (χ3v) is 5.55. The first-order chi connectivity index (χ1) is 13.5. The largest absolute Gasteiger partial charge is 0.352 e. The number of nitrogens with one attached hydrogen (secondary N) is 1. The van der Waals surface area contributed by atoms with Crippen LogP contribution in [0, 0.1) is 0 Å². The average molecular weight is 396 g/mol. The van der Waals surface area contributed by atoms with Crippen LogP contribution in [0.4, 0.5) is 0 Å². The van der Waals surface area contributed by atoms with Crippen molar-refractivity contribution < 1.29 is 9.59 Å². The summed E-state index contributed by atoms with van der Waals surface area (Å²) in [4.78, 5) is 33.4. The molecular weight excluding hydrogens is 374 g/mol. The van der Waals surface area contributed by atoms with Gasteiger partial charge < -0.3 is 14.8 Å². The Labute approximate surface area is 168 Å². The number of H-pyrrole nitrogens is 1. The fourth-order valence-electron chi connectivity index (χ4n) is 3.66. The van der Waals surface area contributed by atoms with Crippen LogP contribution in [0.15, 0.2) is 48.5 Å². The minimum Gasteiger partial charge on any atom is -0.352 e. The Morgan fingerprint density at radius 1 is 1.04 bits per heavy atom. The molecule has 5 nitrogen and oxygen atoms in total. The molecule has 0 unspecified atom stereocenters. The van der Waals surface area contributed by atoms with Crippen molar-refractivity contribution in [2.45, 2.75) is 6.42 Å². The third kappa shape index (κ3) is 3.68. The third-order valence-electron chi connectivity index (χ3n) is 5.32. The van der Waals surface area contributed by atoms with Gasteiger partial charge in [0.1, 0.15) is 0 Å². The molecule has 0 radical (unpaired) electrons. The van der Waals surface area contributed by atoms with Crippen LogP contribution in [-0.4, -0.2) is 59.7 Å². The summed E-state index contributed by atoms with van der Waals surface area (Å²) < 4.78 is 0. The molecule has 6 heteroatoms. The predicted octanol–water partition coefficient (Wildman–Crippen LogP) is 3.37. The lowest BCUT2D eigenvalue weighted by Gasteiger charge is -2.32. The summed E-state index contributed by atoms with van der Waals surface area (Å²) in [6.45, 7) is 3.16. The number of carbonyl (C=O) groups excluding carboxylic acids is 2. The second kappa shape index (κ2) is 7.78. The lowest BCUT2D eigenvalue weighted by atomic mass is 10.0. The molecule has 1 fully saturated rings. The van der Waals surface area contributed by atoms with Crippen LogP contribution >= 0.6 is 11.6 Å². The summed E-state index contributed by atoms with van der Waals surface area (Å²) >= 11 is 6.13. The van der Waals surface area contributed by atoms with Crippen molar-refractivity contribution in [2.75, 3.05) is 33.2 Å². The van der Waals surface area contributed by atoms with Crippen molar-refractivity contribution in [1.82, 2.24) is 14.8 Å². The van der Waals surface area contributed by atoms with Crippen molar-refractivity contribution in [3.63, 3.8) is 0 Å². The smallest absolute Gasteiger partial charge is 0.227 e. The molecule has 1 aliphatic rings. The molecule has 0 atom stereocenters. The molecule has 0 saturated carbocycles. The minimum atomic E-state index is -0.117. The van der Waals surface area contributed by atoms with Gasteiger partial charge >= 0.3 is 0 Å². The molecule has 1 saturated heterocycles. The van der Waals surface area contributed by atoms with Gasteiger partial charge in [0.25, 0.3) is 0 Å². The number of aromatic amines is 1. The number of ketones is 1. The highest BCUT2D eigenvalue weighted by atomic mass is 35.5. The molecule has 0 bridgehead atoms. The van der Waals surface area contributed by atoms with E-state index in [1.165, 1.54) is 0 Å². The zero-order valence-corrected chi connectivity index (χ0v) is 16.5. The molecule has 1 N–H and O–H groups in total. The standard InChI is InChI=1S/C22H22ClN3O2/c1-25-9-11-26(12-10-25)20(27)14-18-17-8-7-16(23)13-19(17)24-21(18)22(28)15-5-3-2-4-6-15/h2-8,13,24H,9-12,14H2,1H3. The number of rotatable bonds is 4. The Bertz CT molecular complexity index is 1020. The Hall–Kier alpha value is -2.63. The fourth-order valence-corrected chi connectivity index (χ4v) is 3.83. The number of halogens is 1. The number of hydrogen-bond donors (Lipinski definition) is 1. The predicted molar refractivity (Wildman–Crippen MR) is 111 cm³/mol. The van der Waals surface area contributed by atoms with Crippen LogP contribution in [0.5, 0.6) is 0 Å². The van der Waals surface area contributed by atoms with Gasteiger partial charge in [-0.2, -0.15) is 0 Å². The molecule has 0 aliphatic carbocycles. The van der Waals surface area contributed by atoms with Gasteiger partial charge in [0, 0.05) is 47.7 Å². The number of aromatic nitrogens is 1. The fraction of sp³-hybridized carbons (Fsp3) is 0.273. The summed E-state index contributed by atoms with van der Waals surface area (Å²) in [6, 6.07) is 14.6. The van der Waals surface area contributed by atoms with Crippen molar-refractivity contribution in [2.24, 2.45) is 0 Å². The highest BCUT2D eigenvalue weighted by molar-refractivity contribution is 6.31. The summed E-state index contributed by atoms with van der Waals surface area (Å²) in [7, 11) is 2.06. The molecule has 0 spiro atoms. The van der Waals surface area contributed by atoms with Gasteiger partial charge in [-0.15, -0.1) is 0 Å². The van der Waals surface area contributed by atoms with Crippen molar-refractivity contribution in [1.29, 1.82) is 0 Å². The molecule has 3 aromatic rings. The van der Waals surface area contributed by atoms with Crippen LogP contribution in [0.3, 0.4) is 0 Å². The number of amides is 1. The molecule has 1 aliphatic heterocycles. The number of nitrogens with zero attached hydrogens (tertiary/aromatic N) is 2. The lowest BCUT2D eigenvalue weighted by molar-refractivity contribution is -0.132. The van der Waals surface area contributed by atoms with E-state index in [9.17, 15) is 9.59 Å². The van der Waals surface area contributed by atoms with Crippen LogP contribution in [0.1, 0.15) is 21.6 Å². The first-order valence-electron chi connectivity index (χ1n) is 9.39. The van der Waals surface area contributed by atoms with Gasteiger partial charge in [-0.1, -0.05) is 48.0 Å². The van der Waals surface area contributed by atoms with Crippen molar-refractivity contribution >= 4 is 34.2 Å². The Balaban J connectivity index is 1.71. The maximum atomic E-state index is 13.1. The van der Waals surface area contributed by atoms with E-state index in [1.807, 2.05) is 29.2 Å². The highest BCUT2D eigenvalue weighted by Gasteiger charge is 2.25. The van der Waals surface area contributed by atoms with Crippen LogP contribution in [0.25, 0.3) is 10.9 Å². The Morgan fingerprint density at radius 3 is 2.46 bits per heavy atom. The first kappa shape index (κ1) is 18.7. The second-order valence-electron chi connectivity index (χ2n) is 7.22. The van der Waals surface area contributed by atoms with Crippen molar-refractivity contribution in [3.8, 4) is 0 Å². The van der Waals surface area contributed by atoms with Gasteiger partial charge in [-0.25, -0.2) is 0 Å². The van der Waals surface area contributed by atoms with E-state index in [4.69, 9.17) is 11.6 Å². The summed E-state index contributed by atoms with van der Waals surface area (Å²) in [6.07, 6.45) is 0.194. The first-order valence-corrected chi connectivity index (χ1v) is 9.77. The lowest BCUT2D eigenvalue weighted by Crippen LogP contribution is -2.47. The summed E-state index contributed by atoms with van der Waals surface area (Å²) in [5.74, 6) is -0.0693. The second-order valence-corrected chi connectivity index (χ2v) is 7.66. The summed E-state index contributed by atoms with van der Waals surface area (Å²) in [5, 5.41) is 1.45. The molecule has 4 rings (SSSR count). The van der Waals surface area contributed by atoms with E-state index >= 15 is 0 Å². The molecule has 144 valence electrons. The van der Waals surface area contributed by atoms with Crippen LogP contribution in [0.2, 0.25) is 5.02 Å². The van der Waals surface area contributed by atoms with E-state index in [0.717, 1.165) is 29.6 Å². The van der Waals surface area contributed by atoms with Crippen LogP contribution < -0.4 is 0 Å². The number of piperazine rings is 1. The number of hydrogen-bond acceptors (Lipinski definition) is 3. The molecule has 28 heavy (non-hydrogen) atoms. The number of likely N-dealkylation sites (N-methyl/N-ethyl adjacent to an activating group) is 1. The monoisotopic (exact) mass is 395 g/mol. The topological polar surface area (TPSA) is 56.4 Å². The van der Waals surface area contributed by atoms with Gasteiger partial charge in [0.2, 0.25) is 11.7 Å². The van der Waals surface area contributed by atoms with E-state index in [1.54, 1.807) is 24.3 Å². The van der Waals surface area contributed by atoms with E-state index < -0.39 is 0 Å². The van der Waals surface area contributed by atoms with Crippen molar-refractivity contribution in [3.05, 3.63) is 70.4 Å². The average Bonchev–Trinajstić information content (AvgIpc) is 3.05. The molecule has 1 amide bonds.